The van der Waals surface area contributed by atoms with Gasteiger partial charge in [0.25, 0.3) is 5.91 Å². The zero-order valence-corrected chi connectivity index (χ0v) is 16.5. The number of ether oxygens (including phenoxy) is 3. The molecule has 30 heavy (non-hydrogen) atoms. The molecule has 1 heterocycles. The minimum atomic E-state index is -5.04. The van der Waals surface area contributed by atoms with Crippen molar-refractivity contribution in [2.45, 2.75) is 24.6 Å². The zero-order valence-electron chi connectivity index (χ0n) is 16.5. The highest BCUT2D eigenvalue weighted by atomic mass is 19.4. The molecule has 1 N–H and O–H groups in total. The Morgan fingerprint density at radius 1 is 1.13 bits per heavy atom. The van der Waals surface area contributed by atoms with Gasteiger partial charge in [-0.05, 0) is 23.3 Å². The lowest BCUT2D eigenvalue weighted by Gasteiger charge is -2.37. The predicted molar refractivity (Wildman–Crippen MR) is 99.1 cm³/mol. The van der Waals surface area contributed by atoms with Gasteiger partial charge in [-0.3, -0.25) is 9.59 Å². The standard InChI is InChI=1S/C20H22F3NO6/c1-28-15-4-3-12(9-16(15)29-2)13-10-19(27,20(21,22)23)11-14(25)17(13)18(26)24-5-7-30-8-6-24/h3-4,9,27H,5-8,10-11H2,1-2H3. The van der Waals surface area contributed by atoms with Crippen molar-refractivity contribution in [1.29, 1.82) is 0 Å². The number of methoxy groups -OCH3 is 2. The van der Waals surface area contributed by atoms with Crippen LogP contribution in [-0.4, -0.2) is 74.0 Å². The van der Waals surface area contributed by atoms with Gasteiger partial charge >= 0.3 is 6.18 Å². The Hall–Kier alpha value is -2.59. The zero-order chi connectivity index (χ0) is 22.1. The highest BCUT2D eigenvalue weighted by Crippen LogP contribution is 2.46. The molecule has 0 spiro atoms. The number of hydrogen-bond donors (Lipinski definition) is 1. The maximum Gasteiger partial charge on any atom is 0.417 e. The van der Waals surface area contributed by atoms with E-state index >= 15 is 0 Å². The fraction of sp³-hybridized carbons (Fsp3) is 0.500. The molecule has 164 valence electrons. The molecule has 0 saturated carbocycles. The van der Waals surface area contributed by atoms with E-state index in [1.54, 1.807) is 0 Å². The number of rotatable bonds is 4. The number of nitrogens with zero attached hydrogens (tertiary/aromatic N) is 1. The molecule has 1 amide bonds. The van der Waals surface area contributed by atoms with E-state index in [9.17, 15) is 27.9 Å². The second-order valence-electron chi connectivity index (χ2n) is 7.13. The molecule has 10 heteroatoms. The summed E-state index contributed by atoms with van der Waals surface area (Å²) in [7, 11) is 2.75. The van der Waals surface area contributed by atoms with E-state index in [2.05, 4.69) is 0 Å². The van der Waals surface area contributed by atoms with Crippen molar-refractivity contribution in [1.82, 2.24) is 4.90 Å². The molecule has 0 bridgehead atoms. The molecule has 1 aliphatic carbocycles. The highest BCUT2D eigenvalue weighted by Gasteiger charge is 2.58. The lowest BCUT2D eigenvalue weighted by molar-refractivity contribution is -0.259. The molecule has 1 aromatic carbocycles. The largest absolute Gasteiger partial charge is 0.493 e. The SMILES string of the molecule is COc1ccc(C2=C(C(=O)N3CCOCC3)C(=O)CC(O)(C(F)(F)F)C2)cc1OC. The Bertz CT molecular complexity index is 876. The molecule has 7 nitrogen and oxygen atoms in total. The van der Waals surface area contributed by atoms with Gasteiger partial charge in [0.05, 0.1) is 33.0 Å². The summed E-state index contributed by atoms with van der Waals surface area (Å²) in [5, 5.41) is 10.3. The third-order valence-corrected chi connectivity index (χ3v) is 5.27. The highest BCUT2D eigenvalue weighted by molar-refractivity contribution is 6.25. The number of morpholine rings is 1. The molecule has 0 aromatic heterocycles. The predicted octanol–water partition coefficient (Wildman–Crippen LogP) is 1.97. The van der Waals surface area contributed by atoms with E-state index in [-0.39, 0.29) is 48.8 Å². The summed E-state index contributed by atoms with van der Waals surface area (Å²) in [6.07, 6.45) is -7.18. The molecule has 1 unspecified atom stereocenters. The normalized spacial score (nSPS) is 22.9. The van der Waals surface area contributed by atoms with Crippen LogP contribution in [0.25, 0.3) is 5.57 Å². The number of halogens is 3. The molecule has 0 radical (unpaired) electrons. The number of carbonyl (C=O) groups is 2. The van der Waals surface area contributed by atoms with E-state index in [1.807, 2.05) is 0 Å². The van der Waals surface area contributed by atoms with Crippen molar-refractivity contribution >= 4 is 17.3 Å². The van der Waals surface area contributed by atoms with Gasteiger partial charge < -0.3 is 24.2 Å². The van der Waals surface area contributed by atoms with Crippen molar-refractivity contribution in [2.75, 3.05) is 40.5 Å². The van der Waals surface area contributed by atoms with Gasteiger partial charge in [-0.2, -0.15) is 13.2 Å². The van der Waals surface area contributed by atoms with Crippen molar-refractivity contribution in [2.24, 2.45) is 0 Å². The molecule has 1 aliphatic heterocycles. The number of hydrogen-bond acceptors (Lipinski definition) is 6. The van der Waals surface area contributed by atoms with Crippen LogP contribution in [0.5, 0.6) is 11.5 Å². The smallest absolute Gasteiger partial charge is 0.417 e. The van der Waals surface area contributed by atoms with Gasteiger partial charge in [-0.1, -0.05) is 6.07 Å². The third-order valence-electron chi connectivity index (χ3n) is 5.27. The quantitative estimate of drug-likeness (QED) is 0.737. The number of aliphatic hydroxyl groups is 1. The van der Waals surface area contributed by atoms with Crippen molar-refractivity contribution in [3.8, 4) is 11.5 Å². The van der Waals surface area contributed by atoms with Crippen LogP contribution >= 0.6 is 0 Å². The van der Waals surface area contributed by atoms with Gasteiger partial charge in [0.1, 0.15) is 0 Å². The third kappa shape index (κ3) is 4.01. The monoisotopic (exact) mass is 429 g/mol. The van der Waals surface area contributed by atoms with Crippen LogP contribution in [0.1, 0.15) is 18.4 Å². The molecular formula is C20H22F3NO6. The Morgan fingerprint density at radius 3 is 2.33 bits per heavy atom. The lowest BCUT2D eigenvalue weighted by atomic mass is 9.76. The molecule has 1 atom stereocenters. The Labute approximate surface area is 171 Å². The fourth-order valence-corrected chi connectivity index (χ4v) is 3.61. The van der Waals surface area contributed by atoms with Crippen LogP contribution in [-0.2, 0) is 14.3 Å². The average Bonchev–Trinajstić information content (AvgIpc) is 2.72. The summed E-state index contributed by atoms with van der Waals surface area (Å²) in [6, 6.07) is 4.28. The van der Waals surface area contributed by atoms with Crippen LogP contribution in [0.4, 0.5) is 13.2 Å². The van der Waals surface area contributed by atoms with Crippen LogP contribution in [0.15, 0.2) is 23.8 Å². The Balaban J connectivity index is 2.15. The first kappa shape index (κ1) is 22.1. The maximum atomic E-state index is 13.6. The summed E-state index contributed by atoms with van der Waals surface area (Å²) in [5.41, 5.74) is -3.62. The van der Waals surface area contributed by atoms with E-state index in [0.29, 0.717) is 5.75 Å². The first-order chi connectivity index (χ1) is 14.1. The number of alkyl halides is 3. The molecule has 1 saturated heterocycles. The number of carbonyl (C=O) groups excluding carboxylic acids is 2. The molecule has 2 aliphatic rings. The van der Waals surface area contributed by atoms with E-state index in [0.717, 1.165) is 0 Å². The summed E-state index contributed by atoms with van der Waals surface area (Å²) in [6.45, 7) is 0.980. The van der Waals surface area contributed by atoms with Crippen LogP contribution in [0.2, 0.25) is 0 Å². The topological polar surface area (TPSA) is 85.3 Å². The number of ketones is 1. The number of Topliss-reactive ketones (excluding diaryl/α,β-unsaturated/α-hetero) is 1. The summed E-state index contributed by atoms with van der Waals surface area (Å²) in [4.78, 5) is 27.2. The second kappa shape index (κ2) is 8.27. The van der Waals surface area contributed by atoms with E-state index < -0.39 is 36.3 Å². The van der Waals surface area contributed by atoms with Gasteiger partial charge in [0, 0.05) is 25.9 Å². The average molecular weight is 429 g/mol. The summed E-state index contributed by atoms with van der Waals surface area (Å²) >= 11 is 0. The Morgan fingerprint density at radius 2 is 1.77 bits per heavy atom. The van der Waals surface area contributed by atoms with Crippen LogP contribution in [0, 0.1) is 0 Å². The number of amides is 1. The van der Waals surface area contributed by atoms with Crippen molar-refractivity contribution in [3.63, 3.8) is 0 Å². The summed E-state index contributed by atoms with van der Waals surface area (Å²) in [5.74, 6) is -1.18. The van der Waals surface area contributed by atoms with Gasteiger partial charge in [-0.25, -0.2) is 0 Å². The first-order valence-electron chi connectivity index (χ1n) is 9.26. The molecule has 3 rings (SSSR count). The van der Waals surface area contributed by atoms with Crippen LogP contribution in [0.3, 0.4) is 0 Å². The molecular weight excluding hydrogens is 407 g/mol. The van der Waals surface area contributed by atoms with Crippen molar-refractivity contribution in [3.05, 3.63) is 29.3 Å². The summed E-state index contributed by atoms with van der Waals surface area (Å²) < 4.78 is 56.2. The Kier molecular flexibility index (Phi) is 6.09. The van der Waals surface area contributed by atoms with E-state index in [1.165, 1.54) is 37.3 Å². The lowest BCUT2D eigenvalue weighted by Crippen LogP contribution is -2.51. The molecule has 1 aromatic rings. The van der Waals surface area contributed by atoms with Gasteiger partial charge in [0.2, 0.25) is 0 Å². The second-order valence-corrected chi connectivity index (χ2v) is 7.13. The van der Waals surface area contributed by atoms with Crippen LogP contribution < -0.4 is 9.47 Å². The van der Waals surface area contributed by atoms with Gasteiger partial charge in [-0.15, -0.1) is 0 Å². The van der Waals surface area contributed by atoms with Gasteiger partial charge in [0.15, 0.2) is 22.9 Å². The van der Waals surface area contributed by atoms with Crippen molar-refractivity contribution < 1.29 is 42.1 Å². The minimum Gasteiger partial charge on any atom is -0.493 e. The molecule has 1 fully saturated rings. The first-order valence-corrected chi connectivity index (χ1v) is 9.26. The fourth-order valence-electron chi connectivity index (χ4n) is 3.61. The number of benzene rings is 1. The van der Waals surface area contributed by atoms with E-state index in [4.69, 9.17) is 14.2 Å². The minimum absolute atomic E-state index is 0.167. The maximum absolute atomic E-state index is 13.6.